The predicted molar refractivity (Wildman–Crippen MR) is 52.6 cm³/mol. The minimum atomic E-state index is -0.738. The van der Waals surface area contributed by atoms with Crippen molar-refractivity contribution >= 4 is 0 Å². The van der Waals surface area contributed by atoms with Crippen molar-refractivity contribution in [3.05, 3.63) is 0 Å². The Labute approximate surface area is 80.7 Å². The Bertz CT molecular complexity index is 115. The molecule has 0 heterocycles. The number of hydrogen-bond donors (Lipinski definition) is 2. The average Bonchev–Trinajstić information content (AvgIpc) is 2.11. The minimum absolute atomic E-state index is 0.200. The summed E-state index contributed by atoms with van der Waals surface area (Å²) in [6, 6.07) is 0. The van der Waals surface area contributed by atoms with Crippen LogP contribution in [0.4, 0.5) is 0 Å². The molecule has 1 unspecified atom stereocenters. The first-order valence-corrected chi connectivity index (χ1v) is 5.02. The highest BCUT2D eigenvalue weighted by Gasteiger charge is 2.14. The van der Waals surface area contributed by atoms with Crippen LogP contribution >= 0.6 is 0 Å². The quantitative estimate of drug-likeness (QED) is 0.634. The second-order valence-electron chi connectivity index (χ2n) is 3.74. The summed E-state index contributed by atoms with van der Waals surface area (Å²) in [5.74, 6) is 0.464. The zero-order valence-electron chi connectivity index (χ0n) is 8.86. The number of aliphatic hydroxyl groups is 2. The normalized spacial score (nSPS) is 16.2. The summed E-state index contributed by atoms with van der Waals surface area (Å²) < 4.78 is 5.49. The van der Waals surface area contributed by atoms with Crippen molar-refractivity contribution in [3.8, 4) is 0 Å². The highest BCUT2D eigenvalue weighted by Crippen LogP contribution is 2.12. The first-order valence-electron chi connectivity index (χ1n) is 5.02. The second-order valence-corrected chi connectivity index (χ2v) is 3.74. The topological polar surface area (TPSA) is 49.7 Å². The van der Waals surface area contributed by atoms with E-state index in [1.165, 1.54) is 0 Å². The summed E-state index contributed by atoms with van der Waals surface area (Å²) in [5, 5.41) is 17.7. The van der Waals surface area contributed by atoms with Gasteiger partial charge in [-0.05, 0) is 12.3 Å². The smallest absolute Gasteiger partial charge is 0.100 e. The third-order valence-corrected chi connectivity index (χ3v) is 2.03. The van der Waals surface area contributed by atoms with Gasteiger partial charge in [0.25, 0.3) is 0 Å². The van der Waals surface area contributed by atoms with Crippen molar-refractivity contribution in [2.45, 2.75) is 45.8 Å². The van der Waals surface area contributed by atoms with Crippen LogP contribution in [0.15, 0.2) is 0 Å². The maximum absolute atomic E-state index is 9.08. The zero-order valence-corrected chi connectivity index (χ0v) is 8.86. The average molecular weight is 190 g/mol. The van der Waals surface area contributed by atoms with Crippen molar-refractivity contribution in [1.29, 1.82) is 0 Å². The molecule has 0 amide bonds. The fourth-order valence-electron chi connectivity index (χ4n) is 1.18. The summed E-state index contributed by atoms with van der Waals surface area (Å²) in [6.07, 6.45) is 1.55. The molecule has 0 saturated carbocycles. The van der Waals surface area contributed by atoms with Gasteiger partial charge in [0.1, 0.15) is 6.10 Å². The van der Waals surface area contributed by atoms with Gasteiger partial charge in [-0.1, -0.05) is 27.2 Å². The van der Waals surface area contributed by atoms with Crippen molar-refractivity contribution in [2.24, 2.45) is 5.92 Å². The number of aliphatic hydroxyl groups excluding tert-OH is 2. The van der Waals surface area contributed by atoms with Crippen LogP contribution in [0.25, 0.3) is 0 Å². The van der Waals surface area contributed by atoms with Crippen LogP contribution in [-0.4, -0.2) is 35.6 Å². The Morgan fingerprint density at radius 3 is 2.31 bits per heavy atom. The van der Waals surface area contributed by atoms with Crippen LogP contribution in [0.1, 0.15) is 33.6 Å². The van der Waals surface area contributed by atoms with Crippen molar-refractivity contribution < 1.29 is 14.9 Å². The van der Waals surface area contributed by atoms with Gasteiger partial charge in [-0.25, -0.2) is 0 Å². The Hall–Kier alpha value is -0.120. The minimum Gasteiger partial charge on any atom is -0.394 e. The largest absolute Gasteiger partial charge is 0.394 e. The van der Waals surface area contributed by atoms with E-state index in [1.807, 2.05) is 0 Å². The van der Waals surface area contributed by atoms with E-state index in [-0.39, 0.29) is 19.3 Å². The molecule has 3 nitrogen and oxygen atoms in total. The van der Waals surface area contributed by atoms with Crippen molar-refractivity contribution in [3.63, 3.8) is 0 Å². The molecule has 0 radical (unpaired) electrons. The van der Waals surface area contributed by atoms with Gasteiger partial charge < -0.3 is 14.9 Å². The van der Waals surface area contributed by atoms with E-state index >= 15 is 0 Å². The van der Waals surface area contributed by atoms with Gasteiger partial charge in [-0.15, -0.1) is 0 Å². The number of rotatable bonds is 7. The molecule has 0 aromatic heterocycles. The summed E-state index contributed by atoms with van der Waals surface area (Å²) >= 11 is 0. The molecule has 0 rings (SSSR count). The summed E-state index contributed by atoms with van der Waals surface area (Å²) in [5.41, 5.74) is 0. The van der Waals surface area contributed by atoms with Gasteiger partial charge in [-0.2, -0.15) is 0 Å². The Morgan fingerprint density at radius 2 is 1.92 bits per heavy atom. The van der Waals surface area contributed by atoms with Crippen LogP contribution in [0.2, 0.25) is 0 Å². The Morgan fingerprint density at radius 1 is 1.31 bits per heavy atom. The molecule has 0 aliphatic heterocycles. The molecular weight excluding hydrogens is 168 g/mol. The lowest BCUT2D eigenvalue weighted by atomic mass is 10.0. The zero-order chi connectivity index (χ0) is 10.3. The first kappa shape index (κ1) is 12.9. The van der Waals surface area contributed by atoms with E-state index in [4.69, 9.17) is 14.9 Å². The van der Waals surface area contributed by atoms with E-state index < -0.39 is 6.10 Å². The molecule has 2 N–H and O–H groups in total. The summed E-state index contributed by atoms with van der Waals surface area (Å²) in [6.45, 7) is 6.33. The van der Waals surface area contributed by atoms with Gasteiger partial charge in [0, 0.05) is 0 Å². The molecule has 3 heteroatoms. The monoisotopic (exact) mass is 190 g/mol. The summed E-state index contributed by atoms with van der Waals surface area (Å²) in [7, 11) is 0. The van der Waals surface area contributed by atoms with E-state index in [0.717, 1.165) is 12.8 Å². The summed E-state index contributed by atoms with van der Waals surface area (Å²) in [4.78, 5) is 0. The fraction of sp³-hybridized carbons (Fsp3) is 1.00. The van der Waals surface area contributed by atoms with Gasteiger partial charge in [0.05, 0.1) is 19.3 Å². The van der Waals surface area contributed by atoms with Gasteiger partial charge in [0.15, 0.2) is 0 Å². The molecule has 0 spiro atoms. The molecule has 0 aliphatic carbocycles. The molecule has 0 aliphatic rings. The van der Waals surface area contributed by atoms with Crippen LogP contribution in [0.5, 0.6) is 0 Å². The van der Waals surface area contributed by atoms with Crippen LogP contribution in [0, 0.1) is 5.92 Å². The molecule has 0 aromatic carbocycles. The standard InChI is InChI=1S/C10H22O3/c1-4-5-10(8(2)3)13-7-9(12)6-11/h8-12H,4-7H2,1-3H3/t9-,10?/m0/s1. The van der Waals surface area contributed by atoms with Gasteiger partial charge in [-0.3, -0.25) is 0 Å². The molecular formula is C10H22O3. The molecule has 0 fully saturated rings. The van der Waals surface area contributed by atoms with E-state index in [9.17, 15) is 0 Å². The van der Waals surface area contributed by atoms with Gasteiger partial charge in [0.2, 0.25) is 0 Å². The van der Waals surface area contributed by atoms with E-state index in [2.05, 4.69) is 20.8 Å². The lowest BCUT2D eigenvalue weighted by Gasteiger charge is -2.22. The first-order chi connectivity index (χ1) is 6.11. The van der Waals surface area contributed by atoms with Gasteiger partial charge >= 0.3 is 0 Å². The maximum atomic E-state index is 9.08. The Balaban J connectivity index is 3.68. The third-order valence-electron chi connectivity index (χ3n) is 2.03. The number of hydrogen-bond acceptors (Lipinski definition) is 3. The number of ether oxygens (including phenoxy) is 1. The van der Waals surface area contributed by atoms with Crippen LogP contribution in [-0.2, 0) is 4.74 Å². The second kappa shape index (κ2) is 7.30. The van der Waals surface area contributed by atoms with E-state index in [0.29, 0.717) is 5.92 Å². The maximum Gasteiger partial charge on any atom is 0.100 e. The molecule has 0 saturated heterocycles. The van der Waals surface area contributed by atoms with Crippen LogP contribution < -0.4 is 0 Å². The van der Waals surface area contributed by atoms with E-state index in [1.54, 1.807) is 0 Å². The molecule has 0 bridgehead atoms. The molecule has 2 atom stereocenters. The van der Waals surface area contributed by atoms with Crippen molar-refractivity contribution in [2.75, 3.05) is 13.2 Å². The SMILES string of the molecule is CCCC(OC[C@@H](O)CO)C(C)C. The van der Waals surface area contributed by atoms with Crippen molar-refractivity contribution in [1.82, 2.24) is 0 Å². The van der Waals surface area contributed by atoms with Crippen LogP contribution in [0.3, 0.4) is 0 Å². The third kappa shape index (κ3) is 6.02. The molecule has 80 valence electrons. The molecule has 13 heavy (non-hydrogen) atoms. The molecule has 0 aromatic rings. The Kier molecular flexibility index (Phi) is 7.23. The lowest BCUT2D eigenvalue weighted by molar-refractivity contribution is -0.0467. The fourth-order valence-corrected chi connectivity index (χ4v) is 1.18. The lowest BCUT2D eigenvalue weighted by Crippen LogP contribution is -2.27. The predicted octanol–water partition coefficient (Wildman–Crippen LogP) is 1.18. The highest BCUT2D eigenvalue weighted by molar-refractivity contribution is 4.63. The highest BCUT2D eigenvalue weighted by atomic mass is 16.5.